The second kappa shape index (κ2) is 6.70. The summed E-state index contributed by atoms with van der Waals surface area (Å²) in [6, 6.07) is 6.52. The third-order valence-corrected chi connectivity index (χ3v) is 4.38. The molecule has 0 spiro atoms. The van der Waals surface area contributed by atoms with Crippen molar-refractivity contribution in [1.82, 2.24) is 5.32 Å². The van der Waals surface area contributed by atoms with Crippen molar-refractivity contribution in [3.63, 3.8) is 0 Å². The summed E-state index contributed by atoms with van der Waals surface area (Å²) in [4.78, 5) is 11.8. The number of aryl methyl sites for hydroxylation is 1. The van der Waals surface area contributed by atoms with E-state index in [9.17, 15) is 13.2 Å². The maximum absolute atomic E-state index is 12.0. The molecule has 0 aliphatic heterocycles. The van der Waals surface area contributed by atoms with Crippen molar-refractivity contribution in [2.45, 2.75) is 32.1 Å². The smallest absolute Gasteiger partial charge is 0.235 e. The van der Waals surface area contributed by atoms with Gasteiger partial charge in [0.1, 0.15) is 5.75 Å². The van der Waals surface area contributed by atoms with Crippen molar-refractivity contribution in [2.24, 2.45) is 5.92 Å². The average molecular weight is 283 g/mol. The number of hydrogen-bond acceptors (Lipinski definition) is 3. The molecule has 19 heavy (non-hydrogen) atoms. The highest BCUT2D eigenvalue weighted by Gasteiger charge is 2.18. The SMILES string of the molecule is Cc1ccc(S(=O)(=O)CC(=O)NCCC(C)C)cc1. The molecule has 0 fully saturated rings. The van der Waals surface area contributed by atoms with E-state index in [0.29, 0.717) is 12.5 Å². The molecule has 0 aliphatic rings. The van der Waals surface area contributed by atoms with Gasteiger partial charge in [-0.1, -0.05) is 31.5 Å². The van der Waals surface area contributed by atoms with E-state index in [4.69, 9.17) is 0 Å². The summed E-state index contributed by atoms with van der Waals surface area (Å²) in [6.07, 6.45) is 0.844. The molecule has 1 aromatic rings. The van der Waals surface area contributed by atoms with Gasteiger partial charge >= 0.3 is 0 Å². The molecule has 0 aliphatic carbocycles. The van der Waals surface area contributed by atoms with E-state index in [-0.39, 0.29) is 4.90 Å². The Kier molecular flexibility index (Phi) is 5.54. The topological polar surface area (TPSA) is 63.2 Å². The van der Waals surface area contributed by atoms with Crippen molar-refractivity contribution in [2.75, 3.05) is 12.3 Å². The average Bonchev–Trinajstić information content (AvgIpc) is 2.28. The Hall–Kier alpha value is -1.36. The molecule has 1 aromatic carbocycles. The number of hydrogen-bond donors (Lipinski definition) is 1. The predicted molar refractivity (Wildman–Crippen MR) is 75.7 cm³/mol. The minimum Gasteiger partial charge on any atom is -0.355 e. The van der Waals surface area contributed by atoms with Gasteiger partial charge in [-0.25, -0.2) is 8.42 Å². The van der Waals surface area contributed by atoms with Gasteiger partial charge in [0, 0.05) is 6.54 Å². The van der Waals surface area contributed by atoms with E-state index in [2.05, 4.69) is 19.2 Å². The standard InChI is InChI=1S/C14H21NO3S/c1-11(2)8-9-15-14(16)10-19(17,18)13-6-4-12(3)5-7-13/h4-7,11H,8-10H2,1-3H3,(H,15,16). The summed E-state index contributed by atoms with van der Waals surface area (Å²) in [6.45, 7) is 6.50. The summed E-state index contributed by atoms with van der Waals surface area (Å²) in [5.74, 6) is -0.455. The van der Waals surface area contributed by atoms with Crippen LogP contribution in [0.25, 0.3) is 0 Å². The molecule has 1 N–H and O–H groups in total. The van der Waals surface area contributed by atoms with Crippen LogP contribution in [0.1, 0.15) is 25.8 Å². The first-order valence-corrected chi connectivity index (χ1v) is 8.02. The lowest BCUT2D eigenvalue weighted by atomic mass is 10.1. The molecular weight excluding hydrogens is 262 g/mol. The molecule has 1 rings (SSSR count). The quantitative estimate of drug-likeness (QED) is 0.867. The highest BCUT2D eigenvalue weighted by molar-refractivity contribution is 7.92. The molecule has 4 nitrogen and oxygen atoms in total. The molecule has 1 amide bonds. The lowest BCUT2D eigenvalue weighted by molar-refractivity contribution is -0.118. The van der Waals surface area contributed by atoms with Gasteiger partial charge in [-0.05, 0) is 31.4 Å². The Morgan fingerprint density at radius 3 is 2.32 bits per heavy atom. The van der Waals surface area contributed by atoms with Crippen LogP contribution in [0.2, 0.25) is 0 Å². The van der Waals surface area contributed by atoms with E-state index in [1.807, 2.05) is 6.92 Å². The van der Waals surface area contributed by atoms with Crippen LogP contribution >= 0.6 is 0 Å². The van der Waals surface area contributed by atoms with Gasteiger partial charge < -0.3 is 5.32 Å². The Morgan fingerprint density at radius 2 is 1.79 bits per heavy atom. The number of amides is 1. The fourth-order valence-electron chi connectivity index (χ4n) is 1.55. The van der Waals surface area contributed by atoms with Crippen LogP contribution in [0.15, 0.2) is 29.2 Å². The summed E-state index contributed by atoms with van der Waals surface area (Å²) >= 11 is 0. The highest BCUT2D eigenvalue weighted by atomic mass is 32.2. The second-order valence-electron chi connectivity index (χ2n) is 5.10. The largest absolute Gasteiger partial charge is 0.355 e. The molecule has 0 unspecified atom stereocenters. The lowest BCUT2D eigenvalue weighted by Crippen LogP contribution is -2.31. The third-order valence-electron chi connectivity index (χ3n) is 2.75. The Morgan fingerprint density at radius 1 is 1.21 bits per heavy atom. The molecule has 0 heterocycles. The van der Waals surface area contributed by atoms with Gasteiger partial charge in [-0.3, -0.25) is 4.79 Å². The van der Waals surface area contributed by atoms with Crippen molar-refractivity contribution in [3.8, 4) is 0 Å². The Bertz CT molecular complexity index is 518. The van der Waals surface area contributed by atoms with E-state index in [1.165, 1.54) is 12.1 Å². The number of sulfone groups is 1. The van der Waals surface area contributed by atoms with Gasteiger partial charge in [-0.2, -0.15) is 0 Å². The van der Waals surface area contributed by atoms with Crippen LogP contribution in [-0.4, -0.2) is 26.6 Å². The molecule has 0 saturated heterocycles. The fourth-order valence-corrected chi connectivity index (χ4v) is 2.72. The maximum atomic E-state index is 12.0. The zero-order valence-electron chi connectivity index (χ0n) is 11.6. The van der Waals surface area contributed by atoms with Gasteiger partial charge in [0.25, 0.3) is 0 Å². The number of rotatable bonds is 6. The first-order chi connectivity index (χ1) is 8.81. The molecule has 106 valence electrons. The first-order valence-electron chi connectivity index (χ1n) is 6.37. The summed E-state index contributed by atoms with van der Waals surface area (Å²) in [5.41, 5.74) is 0.986. The van der Waals surface area contributed by atoms with E-state index < -0.39 is 21.5 Å². The van der Waals surface area contributed by atoms with Crippen LogP contribution in [0, 0.1) is 12.8 Å². The first kappa shape index (κ1) is 15.7. The summed E-state index contributed by atoms with van der Waals surface area (Å²) in [7, 11) is -3.54. The van der Waals surface area contributed by atoms with Gasteiger partial charge in [-0.15, -0.1) is 0 Å². The fraction of sp³-hybridized carbons (Fsp3) is 0.500. The molecule has 5 heteroatoms. The predicted octanol–water partition coefficient (Wildman–Crippen LogP) is 1.93. The highest BCUT2D eigenvalue weighted by Crippen LogP contribution is 2.11. The number of nitrogens with one attached hydrogen (secondary N) is 1. The van der Waals surface area contributed by atoms with Crippen LogP contribution in [0.4, 0.5) is 0 Å². The van der Waals surface area contributed by atoms with Crippen LogP contribution in [0.5, 0.6) is 0 Å². The normalized spacial score (nSPS) is 11.6. The zero-order valence-corrected chi connectivity index (χ0v) is 12.5. The molecule has 0 aromatic heterocycles. The molecule has 0 saturated carbocycles. The van der Waals surface area contributed by atoms with Gasteiger partial charge in [0.15, 0.2) is 9.84 Å². The van der Waals surface area contributed by atoms with Gasteiger partial charge in [0.2, 0.25) is 5.91 Å². The second-order valence-corrected chi connectivity index (χ2v) is 7.09. The molecule has 0 atom stereocenters. The van der Waals surface area contributed by atoms with Crippen molar-refractivity contribution in [3.05, 3.63) is 29.8 Å². The van der Waals surface area contributed by atoms with E-state index in [0.717, 1.165) is 12.0 Å². The maximum Gasteiger partial charge on any atom is 0.235 e. The lowest BCUT2D eigenvalue weighted by Gasteiger charge is -2.08. The van der Waals surface area contributed by atoms with Crippen LogP contribution < -0.4 is 5.32 Å². The van der Waals surface area contributed by atoms with Crippen molar-refractivity contribution < 1.29 is 13.2 Å². The summed E-state index contributed by atoms with van der Waals surface area (Å²) < 4.78 is 24.0. The van der Waals surface area contributed by atoms with Crippen molar-refractivity contribution >= 4 is 15.7 Å². The molecular formula is C14H21NO3S. The minimum atomic E-state index is -3.54. The number of benzene rings is 1. The molecule has 0 bridgehead atoms. The van der Waals surface area contributed by atoms with Crippen LogP contribution in [0.3, 0.4) is 0 Å². The Labute approximate surface area is 115 Å². The van der Waals surface area contributed by atoms with E-state index >= 15 is 0 Å². The zero-order chi connectivity index (χ0) is 14.5. The van der Waals surface area contributed by atoms with Gasteiger partial charge in [0.05, 0.1) is 4.90 Å². The van der Waals surface area contributed by atoms with Crippen molar-refractivity contribution in [1.29, 1.82) is 0 Å². The number of carbonyl (C=O) groups is 1. The molecule has 0 radical (unpaired) electrons. The minimum absolute atomic E-state index is 0.192. The number of carbonyl (C=O) groups excluding carboxylic acids is 1. The van der Waals surface area contributed by atoms with Crippen LogP contribution in [-0.2, 0) is 14.6 Å². The Balaban J connectivity index is 2.59. The monoisotopic (exact) mass is 283 g/mol. The summed E-state index contributed by atoms with van der Waals surface area (Å²) in [5, 5.41) is 2.63. The van der Waals surface area contributed by atoms with E-state index in [1.54, 1.807) is 12.1 Å². The third kappa shape index (κ3) is 5.42.